The van der Waals surface area contributed by atoms with Crippen molar-refractivity contribution >= 4 is 27.5 Å². The molecular formula is C7H11BrN2OS. The number of aryl methyl sites for hydroxylation is 1. The number of hydrogen-bond donors (Lipinski definition) is 0. The monoisotopic (exact) mass is 250 g/mol. The molecule has 0 amide bonds. The van der Waals surface area contributed by atoms with E-state index in [4.69, 9.17) is 4.74 Å². The van der Waals surface area contributed by atoms with Gasteiger partial charge in [-0.25, -0.2) is 4.98 Å². The average molecular weight is 251 g/mol. The maximum atomic E-state index is 5.21. The summed E-state index contributed by atoms with van der Waals surface area (Å²) in [5, 5.41) is 1.07. The fourth-order valence-corrected chi connectivity index (χ4v) is 1.94. The van der Waals surface area contributed by atoms with Crippen molar-refractivity contribution in [2.75, 3.05) is 13.2 Å². The van der Waals surface area contributed by atoms with E-state index >= 15 is 0 Å². The van der Waals surface area contributed by atoms with Gasteiger partial charge in [0.15, 0.2) is 0 Å². The minimum atomic E-state index is 0.693. The molecule has 0 atom stereocenters. The molecule has 1 heterocycles. The second-order valence-corrected chi connectivity index (χ2v) is 3.80. The predicted molar refractivity (Wildman–Crippen MR) is 52.4 cm³/mol. The van der Waals surface area contributed by atoms with Crippen LogP contribution in [0, 0.1) is 0 Å². The van der Waals surface area contributed by atoms with Crippen LogP contribution >= 0.6 is 27.5 Å². The lowest BCUT2D eigenvalue weighted by Gasteiger charge is -1.97. The molecule has 12 heavy (non-hydrogen) atoms. The third-order valence-electron chi connectivity index (χ3n) is 1.33. The van der Waals surface area contributed by atoms with Crippen molar-refractivity contribution in [1.82, 2.24) is 9.36 Å². The van der Waals surface area contributed by atoms with Crippen LogP contribution in [0.15, 0.2) is 4.73 Å². The number of aromatic nitrogens is 2. The van der Waals surface area contributed by atoms with Gasteiger partial charge in [-0.15, -0.1) is 0 Å². The highest BCUT2D eigenvalue weighted by atomic mass is 79.9. The molecule has 0 radical (unpaired) electrons. The normalized spacial score (nSPS) is 10.5. The van der Waals surface area contributed by atoms with Crippen molar-refractivity contribution in [3.8, 4) is 0 Å². The Labute approximate surface area is 84.5 Å². The molecule has 0 aliphatic carbocycles. The third kappa shape index (κ3) is 3.60. The van der Waals surface area contributed by atoms with Crippen molar-refractivity contribution in [2.45, 2.75) is 19.8 Å². The predicted octanol–water partition coefficient (Wildman–Crippen LogP) is 2.27. The van der Waals surface area contributed by atoms with Crippen molar-refractivity contribution in [2.24, 2.45) is 0 Å². The Hall–Kier alpha value is -0.0000000000000000278. The molecule has 0 bridgehead atoms. The maximum Gasteiger partial charge on any atom is 0.209 e. The summed E-state index contributed by atoms with van der Waals surface area (Å²) in [5.41, 5.74) is 0. The zero-order valence-corrected chi connectivity index (χ0v) is 9.32. The molecule has 0 aromatic carbocycles. The van der Waals surface area contributed by atoms with E-state index in [1.54, 1.807) is 0 Å². The summed E-state index contributed by atoms with van der Waals surface area (Å²) in [6.45, 7) is 3.61. The van der Waals surface area contributed by atoms with Gasteiger partial charge >= 0.3 is 0 Å². The molecule has 68 valence electrons. The highest BCUT2D eigenvalue weighted by Gasteiger charge is 1.99. The van der Waals surface area contributed by atoms with E-state index in [2.05, 4.69) is 25.3 Å². The van der Waals surface area contributed by atoms with E-state index in [9.17, 15) is 0 Å². The first-order valence-corrected chi connectivity index (χ1v) is 5.45. The second-order valence-electron chi connectivity index (χ2n) is 2.26. The first-order valence-electron chi connectivity index (χ1n) is 3.88. The quantitative estimate of drug-likeness (QED) is 0.753. The highest BCUT2D eigenvalue weighted by Crippen LogP contribution is 2.11. The Morgan fingerprint density at radius 3 is 3.00 bits per heavy atom. The van der Waals surface area contributed by atoms with Crippen molar-refractivity contribution < 1.29 is 4.74 Å². The van der Waals surface area contributed by atoms with Gasteiger partial charge in [0.05, 0.1) is 0 Å². The molecule has 0 aliphatic heterocycles. The van der Waals surface area contributed by atoms with Crippen LogP contribution in [0.5, 0.6) is 0 Å². The summed E-state index contributed by atoms with van der Waals surface area (Å²) in [7, 11) is 0. The van der Waals surface area contributed by atoms with E-state index in [0.717, 1.165) is 31.1 Å². The van der Waals surface area contributed by atoms with Gasteiger partial charge in [-0.3, -0.25) is 0 Å². The van der Waals surface area contributed by atoms with Crippen molar-refractivity contribution in [1.29, 1.82) is 0 Å². The van der Waals surface area contributed by atoms with E-state index in [1.807, 2.05) is 6.92 Å². The van der Waals surface area contributed by atoms with Gasteiger partial charge in [0, 0.05) is 19.6 Å². The van der Waals surface area contributed by atoms with Crippen LogP contribution in [0.3, 0.4) is 0 Å². The topological polar surface area (TPSA) is 35.0 Å². The Kier molecular flexibility index (Phi) is 4.72. The van der Waals surface area contributed by atoms with Crippen molar-refractivity contribution in [3.05, 3.63) is 9.74 Å². The summed E-state index contributed by atoms with van der Waals surface area (Å²) < 4.78 is 9.92. The van der Waals surface area contributed by atoms with Crippen LogP contribution in [0.4, 0.5) is 0 Å². The molecule has 5 heteroatoms. The summed E-state index contributed by atoms with van der Waals surface area (Å²) in [4.78, 5) is 4.18. The van der Waals surface area contributed by atoms with Crippen molar-refractivity contribution in [3.63, 3.8) is 0 Å². The zero-order chi connectivity index (χ0) is 8.81. The Morgan fingerprint density at radius 1 is 1.58 bits per heavy atom. The van der Waals surface area contributed by atoms with Crippen LogP contribution in [0.25, 0.3) is 0 Å². The van der Waals surface area contributed by atoms with Gasteiger partial charge < -0.3 is 4.74 Å². The van der Waals surface area contributed by atoms with Crippen LogP contribution in [0.2, 0.25) is 0 Å². The fourth-order valence-electron chi connectivity index (χ4n) is 0.805. The van der Waals surface area contributed by atoms with E-state index < -0.39 is 0 Å². The average Bonchev–Trinajstić information content (AvgIpc) is 2.45. The summed E-state index contributed by atoms with van der Waals surface area (Å²) in [6.07, 6.45) is 1.98. The SMILES string of the molecule is CCOCCCc1nc(Br)ns1. The standard InChI is InChI=1S/C7H11BrN2OS/c1-2-11-5-3-4-6-9-7(8)10-12-6/h2-5H2,1H3. The van der Waals surface area contributed by atoms with Crippen LogP contribution in [-0.2, 0) is 11.2 Å². The Morgan fingerprint density at radius 2 is 2.42 bits per heavy atom. The highest BCUT2D eigenvalue weighted by molar-refractivity contribution is 9.10. The van der Waals surface area contributed by atoms with Gasteiger partial charge in [-0.1, -0.05) is 0 Å². The first-order chi connectivity index (χ1) is 5.83. The third-order valence-corrected chi connectivity index (χ3v) is 2.69. The van der Waals surface area contributed by atoms with E-state index in [-0.39, 0.29) is 0 Å². The van der Waals surface area contributed by atoms with E-state index in [0.29, 0.717) is 4.73 Å². The Bertz CT molecular complexity index is 229. The molecule has 0 fully saturated rings. The number of hydrogen-bond acceptors (Lipinski definition) is 4. The molecular weight excluding hydrogens is 240 g/mol. The summed E-state index contributed by atoms with van der Waals surface area (Å²) in [5.74, 6) is 0. The minimum absolute atomic E-state index is 0.693. The minimum Gasteiger partial charge on any atom is -0.382 e. The largest absolute Gasteiger partial charge is 0.382 e. The lowest BCUT2D eigenvalue weighted by molar-refractivity contribution is 0.145. The molecule has 0 unspecified atom stereocenters. The number of rotatable bonds is 5. The number of halogens is 1. The van der Waals surface area contributed by atoms with Gasteiger partial charge in [0.1, 0.15) is 5.01 Å². The smallest absolute Gasteiger partial charge is 0.209 e. The lowest BCUT2D eigenvalue weighted by Crippen LogP contribution is -1.95. The molecule has 1 rings (SSSR count). The maximum absolute atomic E-state index is 5.21. The van der Waals surface area contributed by atoms with E-state index in [1.165, 1.54) is 11.5 Å². The molecule has 1 aromatic heterocycles. The van der Waals surface area contributed by atoms with Gasteiger partial charge in [-0.05, 0) is 40.8 Å². The molecule has 3 nitrogen and oxygen atoms in total. The molecule has 0 saturated heterocycles. The van der Waals surface area contributed by atoms with Gasteiger partial charge in [0.25, 0.3) is 0 Å². The molecule has 1 aromatic rings. The van der Waals surface area contributed by atoms with Crippen LogP contribution in [0.1, 0.15) is 18.4 Å². The molecule has 0 saturated carbocycles. The molecule has 0 spiro atoms. The second kappa shape index (κ2) is 5.61. The Balaban J connectivity index is 2.15. The number of ether oxygens (including phenoxy) is 1. The summed E-state index contributed by atoms with van der Waals surface area (Å²) in [6, 6.07) is 0. The van der Waals surface area contributed by atoms with Gasteiger partial charge in [-0.2, -0.15) is 4.37 Å². The number of nitrogens with zero attached hydrogens (tertiary/aromatic N) is 2. The van der Waals surface area contributed by atoms with Crippen LogP contribution in [-0.4, -0.2) is 22.6 Å². The lowest BCUT2D eigenvalue weighted by atomic mass is 10.3. The first kappa shape index (κ1) is 10.1. The van der Waals surface area contributed by atoms with Crippen LogP contribution < -0.4 is 0 Å². The molecule has 0 aliphatic rings. The summed E-state index contributed by atoms with van der Waals surface area (Å²) >= 11 is 4.66. The fraction of sp³-hybridized carbons (Fsp3) is 0.714. The zero-order valence-electron chi connectivity index (χ0n) is 6.92. The molecule has 0 N–H and O–H groups in total. The van der Waals surface area contributed by atoms with Gasteiger partial charge in [0.2, 0.25) is 4.73 Å².